The molecule has 0 aliphatic carbocycles. The lowest BCUT2D eigenvalue weighted by Crippen LogP contribution is -2.02. The summed E-state index contributed by atoms with van der Waals surface area (Å²) in [5.41, 5.74) is 1.46. The van der Waals surface area contributed by atoms with Crippen molar-refractivity contribution in [2.24, 2.45) is 0 Å². The fraction of sp³-hybridized carbons (Fsp3) is 0.200. The first kappa shape index (κ1) is 14.7. The normalized spacial score (nSPS) is 10.2. The highest BCUT2D eigenvalue weighted by atomic mass is 79.9. The molecule has 0 aliphatic rings. The van der Waals surface area contributed by atoms with Crippen LogP contribution in [0.25, 0.3) is 0 Å². The highest BCUT2D eigenvalue weighted by Gasteiger charge is 2.05. The fourth-order valence-electron chi connectivity index (χ4n) is 1.77. The number of anilines is 1. The first-order valence-electron chi connectivity index (χ1n) is 6.04. The van der Waals surface area contributed by atoms with E-state index in [1.807, 2.05) is 18.2 Å². The molecule has 1 N–H and O–H groups in total. The average molecular weight is 340 g/mol. The third-order valence-corrected chi connectivity index (χ3v) is 3.51. The molecule has 0 atom stereocenters. The Hall–Kier alpha value is -1.75. The van der Waals surface area contributed by atoms with Gasteiger partial charge >= 0.3 is 0 Å². The van der Waals surface area contributed by atoms with Crippen molar-refractivity contribution in [3.05, 3.63) is 52.3 Å². The van der Waals surface area contributed by atoms with E-state index in [1.54, 1.807) is 19.2 Å². The molecule has 2 aromatic carbocycles. The summed E-state index contributed by atoms with van der Waals surface area (Å²) in [7, 11) is 3.13. The highest BCUT2D eigenvalue weighted by Crippen LogP contribution is 2.28. The van der Waals surface area contributed by atoms with Gasteiger partial charge in [-0.3, -0.25) is 0 Å². The Bertz CT molecular complexity index is 604. The molecule has 3 nitrogen and oxygen atoms in total. The highest BCUT2D eigenvalue weighted by molar-refractivity contribution is 9.10. The predicted octanol–water partition coefficient (Wildman–Crippen LogP) is 4.22. The minimum absolute atomic E-state index is 0.288. The minimum atomic E-state index is -0.288. The second kappa shape index (κ2) is 6.61. The number of nitrogens with one attached hydrogen (secondary N) is 1. The van der Waals surface area contributed by atoms with Gasteiger partial charge in [0.25, 0.3) is 0 Å². The van der Waals surface area contributed by atoms with Gasteiger partial charge in [0.1, 0.15) is 17.3 Å². The van der Waals surface area contributed by atoms with Crippen LogP contribution in [0.4, 0.5) is 10.1 Å². The quantitative estimate of drug-likeness (QED) is 0.884. The Morgan fingerprint density at radius 1 is 1.10 bits per heavy atom. The number of ether oxygens (including phenoxy) is 2. The Morgan fingerprint density at radius 3 is 2.50 bits per heavy atom. The molecule has 0 amide bonds. The van der Waals surface area contributed by atoms with Crippen LogP contribution in [0.3, 0.4) is 0 Å². The van der Waals surface area contributed by atoms with Crippen LogP contribution in [0.1, 0.15) is 5.56 Å². The average Bonchev–Trinajstić information content (AvgIpc) is 2.46. The van der Waals surface area contributed by atoms with Gasteiger partial charge in [-0.1, -0.05) is 6.07 Å². The van der Waals surface area contributed by atoms with E-state index in [1.165, 1.54) is 13.2 Å². The SMILES string of the molecule is COc1ccc(CNc2ccc(OC)c(Br)c2)c(F)c1. The summed E-state index contributed by atoms with van der Waals surface area (Å²) in [6, 6.07) is 10.4. The summed E-state index contributed by atoms with van der Waals surface area (Å²) < 4.78 is 24.8. The standard InChI is InChI=1S/C15H15BrFNO2/c1-19-12-5-3-10(14(17)8-12)9-18-11-4-6-15(20-2)13(16)7-11/h3-8,18H,9H2,1-2H3. The zero-order valence-corrected chi connectivity index (χ0v) is 12.8. The lowest BCUT2D eigenvalue weighted by molar-refractivity contribution is 0.410. The Kier molecular flexibility index (Phi) is 4.84. The lowest BCUT2D eigenvalue weighted by Gasteiger charge is -2.10. The molecule has 0 aliphatic heterocycles. The maximum absolute atomic E-state index is 13.8. The van der Waals surface area contributed by atoms with Gasteiger partial charge < -0.3 is 14.8 Å². The van der Waals surface area contributed by atoms with Crippen LogP contribution in [-0.2, 0) is 6.54 Å². The summed E-state index contributed by atoms with van der Waals surface area (Å²) in [6.07, 6.45) is 0. The van der Waals surface area contributed by atoms with Crippen molar-refractivity contribution in [1.29, 1.82) is 0 Å². The van der Waals surface area contributed by atoms with Gasteiger partial charge in [-0.25, -0.2) is 4.39 Å². The Morgan fingerprint density at radius 2 is 1.90 bits per heavy atom. The van der Waals surface area contributed by atoms with Crippen molar-refractivity contribution in [2.75, 3.05) is 19.5 Å². The summed E-state index contributed by atoms with van der Waals surface area (Å²) in [5.74, 6) is 0.981. The van der Waals surface area contributed by atoms with Crippen LogP contribution in [-0.4, -0.2) is 14.2 Å². The molecule has 0 unspecified atom stereocenters. The van der Waals surface area contributed by atoms with E-state index in [9.17, 15) is 4.39 Å². The van der Waals surface area contributed by atoms with Crippen molar-refractivity contribution < 1.29 is 13.9 Å². The second-order valence-electron chi connectivity index (χ2n) is 4.16. The largest absolute Gasteiger partial charge is 0.497 e. The summed E-state index contributed by atoms with van der Waals surface area (Å²) >= 11 is 3.41. The van der Waals surface area contributed by atoms with E-state index in [4.69, 9.17) is 9.47 Å². The Labute approximate surface area is 125 Å². The van der Waals surface area contributed by atoms with Gasteiger partial charge in [0.2, 0.25) is 0 Å². The zero-order valence-electron chi connectivity index (χ0n) is 11.2. The van der Waals surface area contributed by atoms with Crippen LogP contribution in [0.2, 0.25) is 0 Å². The van der Waals surface area contributed by atoms with Crippen molar-refractivity contribution in [3.8, 4) is 11.5 Å². The van der Waals surface area contributed by atoms with Crippen molar-refractivity contribution in [3.63, 3.8) is 0 Å². The molecule has 5 heteroatoms. The van der Waals surface area contributed by atoms with E-state index in [2.05, 4.69) is 21.2 Å². The second-order valence-corrected chi connectivity index (χ2v) is 5.01. The monoisotopic (exact) mass is 339 g/mol. The van der Waals surface area contributed by atoms with Gasteiger partial charge in [-0.2, -0.15) is 0 Å². The number of hydrogen-bond acceptors (Lipinski definition) is 3. The number of halogens is 2. The first-order chi connectivity index (χ1) is 9.63. The number of rotatable bonds is 5. The van der Waals surface area contributed by atoms with Crippen molar-refractivity contribution >= 4 is 21.6 Å². The van der Waals surface area contributed by atoms with E-state index >= 15 is 0 Å². The summed E-state index contributed by atoms with van der Waals surface area (Å²) in [5, 5.41) is 3.17. The topological polar surface area (TPSA) is 30.5 Å². The fourth-order valence-corrected chi connectivity index (χ4v) is 2.31. The minimum Gasteiger partial charge on any atom is -0.497 e. The van der Waals surface area contributed by atoms with Crippen LogP contribution in [0.5, 0.6) is 11.5 Å². The molecule has 0 saturated heterocycles. The molecule has 106 valence electrons. The third-order valence-electron chi connectivity index (χ3n) is 2.89. The van der Waals surface area contributed by atoms with Crippen LogP contribution in [0, 0.1) is 5.82 Å². The molecule has 2 aromatic rings. The molecule has 0 fully saturated rings. The lowest BCUT2D eigenvalue weighted by atomic mass is 10.2. The molecular formula is C15H15BrFNO2. The van der Waals surface area contributed by atoms with E-state index in [0.717, 1.165) is 15.9 Å². The smallest absolute Gasteiger partial charge is 0.133 e. The van der Waals surface area contributed by atoms with E-state index < -0.39 is 0 Å². The van der Waals surface area contributed by atoms with Crippen LogP contribution < -0.4 is 14.8 Å². The van der Waals surface area contributed by atoms with Gasteiger partial charge in [0.05, 0.1) is 18.7 Å². The Balaban J connectivity index is 2.07. The van der Waals surface area contributed by atoms with Crippen molar-refractivity contribution in [1.82, 2.24) is 0 Å². The number of hydrogen-bond donors (Lipinski definition) is 1. The van der Waals surface area contributed by atoms with E-state index in [-0.39, 0.29) is 5.82 Å². The summed E-state index contributed by atoms with van der Waals surface area (Å²) in [6.45, 7) is 0.397. The summed E-state index contributed by atoms with van der Waals surface area (Å²) in [4.78, 5) is 0. The van der Waals surface area contributed by atoms with Crippen molar-refractivity contribution in [2.45, 2.75) is 6.54 Å². The predicted molar refractivity (Wildman–Crippen MR) is 81.0 cm³/mol. The molecule has 0 heterocycles. The van der Waals surface area contributed by atoms with Crippen LogP contribution in [0.15, 0.2) is 40.9 Å². The molecular weight excluding hydrogens is 325 g/mol. The van der Waals surface area contributed by atoms with E-state index in [0.29, 0.717) is 17.9 Å². The third kappa shape index (κ3) is 3.42. The maximum atomic E-state index is 13.8. The molecule has 2 rings (SSSR count). The zero-order chi connectivity index (χ0) is 14.5. The van der Waals surface area contributed by atoms with Gasteiger partial charge in [-0.15, -0.1) is 0 Å². The molecule has 0 bridgehead atoms. The van der Waals surface area contributed by atoms with Gasteiger partial charge in [-0.05, 0) is 40.2 Å². The first-order valence-corrected chi connectivity index (χ1v) is 6.83. The molecule has 0 saturated carbocycles. The number of benzene rings is 2. The van der Waals surface area contributed by atoms with Crippen LogP contribution >= 0.6 is 15.9 Å². The molecule has 20 heavy (non-hydrogen) atoms. The maximum Gasteiger partial charge on any atom is 0.133 e. The number of methoxy groups -OCH3 is 2. The molecule has 0 radical (unpaired) electrons. The molecule has 0 aromatic heterocycles. The van der Waals surface area contributed by atoms with Gasteiger partial charge in [0.15, 0.2) is 0 Å². The van der Waals surface area contributed by atoms with Gasteiger partial charge in [0, 0.05) is 23.9 Å². The molecule has 0 spiro atoms.